The van der Waals surface area contributed by atoms with Gasteiger partial charge in [0, 0.05) is 30.8 Å². The Labute approximate surface area is 144 Å². The molecule has 0 saturated carbocycles. The van der Waals surface area contributed by atoms with Gasteiger partial charge in [0.25, 0.3) is 5.69 Å². The largest absolute Gasteiger partial charge is 0.469 e. The number of aromatic nitrogens is 2. The van der Waals surface area contributed by atoms with Crippen LogP contribution in [0.15, 0.2) is 36.4 Å². The molecule has 130 valence electrons. The Kier molecular flexibility index (Phi) is 4.87. The monoisotopic (exact) mass is 342 g/mol. The normalized spacial score (nSPS) is 15.0. The summed E-state index contributed by atoms with van der Waals surface area (Å²) in [6, 6.07) is 9.95. The van der Waals surface area contributed by atoms with E-state index in [1.54, 1.807) is 18.2 Å². The predicted molar refractivity (Wildman–Crippen MR) is 91.1 cm³/mol. The number of benzene rings is 1. The van der Waals surface area contributed by atoms with Crippen LogP contribution in [0, 0.1) is 16.0 Å². The van der Waals surface area contributed by atoms with Crippen LogP contribution in [0.1, 0.15) is 12.8 Å². The number of nitrogens with zero attached hydrogens (tertiary/aromatic N) is 4. The van der Waals surface area contributed by atoms with Crippen molar-refractivity contribution in [2.24, 2.45) is 5.92 Å². The van der Waals surface area contributed by atoms with Crippen LogP contribution in [0.2, 0.25) is 0 Å². The summed E-state index contributed by atoms with van der Waals surface area (Å²) in [5, 5.41) is 19.3. The fourth-order valence-corrected chi connectivity index (χ4v) is 2.94. The van der Waals surface area contributed by atoms with E-state index in [0.717, 1.165) is 18.7 Å². The second-order valence-electron chi connectivity index (χ2n) is 5.87. The van der Waals surface area contributed by atoms with Crippen molar-refractivity contribution in [1.29, 1.82) is 0 Å². The molecule has 3 rings (SSSR count). The van der Waals surface area contributed by atoms with Crippen LogP contribution < -0.4 is 4.90 Å². The number of methoxy groups -OCH3 is 1. The lowest BCUT2D eigenvalue weighted by Crippen LogP contribution is -2.37. The number of piperidine rings is 1. The van der Waals surface area contributed by atoms with Gasteiger partial charge in [-0.1, -0.05) is 12.1 Å². The van der Waals surface area contributed by atoms with Crippen LogP contribution in [0.4, 0.5) is 11.5 Å². The Morgan fingerprint density at radius 1 is 1.24 bits per heavy atom. The summed E-state index contributed by atoms with van der Waals surface area (Å²) in [6.07, 6.45) is 1.45. The molecule has 2 heterocycles. The zero-order chi connectivity index (χ0) is 17.8. The van der Waals surface area contributed by atoms with Gasteiger partial charge in [-0.25, -0.2) is 0 Å². The molecule has 1 saturated heterocycles. The maximum Gasteiger partial charge on any atom is 0.308 e. The molecule has 1 aromatic carbocycles. The molecular weight excluding hydrogens is 324 g/mol. The SMILES string of the molecule is COC(=O)C1CCN(c2ccc(-c3cccc([N+](=O)[O-])c3)nn2)CC1. The Hall–Kier alpha value is -3.03. The fourth-order valence-electron chi connectivity index (χ4n) is 2.94. The summed E-state index contributed by atoms with van der Waals surface area (Å²) >= 11 is 0. The van der Waals surface area contributed by atoms with Gasteiger partial charge in [0.15, 0.2) is 5.82 Å². The number of nitro groups is 1. The fraction of sp³-hybridized carbons (Fsp3) is 0.353. The highest BCUT2D eigenvalue weighted by molar-refractivity contribution is 5.72. The van der Waals surface area contributed by atoms with Crippen LogP contribution in [-0.4, -0.2) is 41.3 Å². The number of carbonyl (C=O) groups excluding carboxylic acids is 1. The first-order valence-electron chi connectivity index (χ1n) is 8.00. The zero-order valence-electron chi connectivity index (χ0n) is 13.8. The average Bonchev–Trinajstić information content (AvgIpc) is 2.67. The van der Waals surface area contributed by atoms with E-state index in [0.29, 0.717) is 24.3 Å². The van der Waals surface area contributed by atoms with E-state index < -0.39 is 4.92 Å². The predicted octanol–water partition coefficient (Wildman–Crippen LogP) is 2.44. The molecule has 25 heavy (non-hydrogen) atoms. The van der Waals surface area contributed by atoms with E-state index in [4.69, 9.17) is 4.74 Å². The maximum atomic E-state index is 11.6. The number of anilines is 1. The third-order valence-electron chi connectivity index (χ3n) is 4.36. The van der Waals surface area contributed by atoms with Crippen molar-refractivity contribution in [2.45, 2.75) is 12.8 Å². The minimum absolute atomic E-state index is 0.0215. The topological polar surface area (TPSA) is 98.5 Å². The van der Waals surface area contributed by atoms with Crippen LogP contribution in [-0.2, 0) is 9.53 Å². The summed E-state index contributed by atoms with van der Waals surface area (Å²) < 4.78 is 4.79. The van der Waals surface area contributed by atoms with E-state index in [9.17, 15) is 14.9 Å². The highest BCUT2D eigenvalue weighted by atomic mass is 16.6. The summed E-state index contributed by atoms with van der Waals surface area (Å²) in [4.78, 5) is 24.1. The molecule has 0 spiro atoms. The van der Waals surface area contributed by atoms with E-state index in [2.05, 4.69) is 15.1 Å². The molecule has 0 aliphatic carbocycles. The molecule has 1 aromatic heterocycles. The lowest BCUT2D eigenvalue weighted by molar-refractivity contribution is -0.384. The molecule has 0 bridgehead atoms. The first-order chi connectivity index (χ1) is 12.1. The molecule has 0 radical (unpaired) electrons. The Morgan fingerprint density at radius 3 is 2.60 bits per heavy atom. The smallest absolute Gasteiger partial charge is 0.308 e. The van der Waals surface area contributed by atoms with Crippen molar-refractivity contribution in [3.05, 3.63) is 46.5 Å². The van der Waals surface area contributed by atoms with Gasteiger partial charge >= 0.3 is 5.97 Å². The van der Waals surface area contributed by atoms with Crippen molar-refractivity contribution in [3.8, 4) is 11.3 Å². The van der Waals surface area contributed by atoms with Crippen molar-refractivity contribution in [2.75, 3.05) is 25.1 Å². The van der Waals surface area contributed by atoms with Crippen molar-refractivity contribution < 1.29 is 14.5 Å². The Bertz CT molecular complexity index is 770. The number of hydrogen-bond donors (Lipinski definition) is 0. The van der Waals surface area contributed by atoms with Gasteiger partial charge < -0.3 is 9.64 Å². The van der Waals surface area contributed by atoms with Gasteiger partial charge in [0.05, 0.1) is 23.6 Å². The number of carbonyl (C=O) groups is 1. The minimum atomic E-state index is -0.434. The highest BCUT2D eigenvalue weighted by Crippen LogP contribution is 2.25. The Morgan fingerprint density at radius 2 is 2.00 bits per heavy atom. The number of hydrogen-bond acceptors (Lipinski definition) is 7. The van der Waals surface area contributed by atoms with Gasteiger partial charge in [-0.3, -0.25) is 14.9 Å². The molecule has 0 amide bonds. The lowest BCUT2D eigenvalue weighted by Gasteiger charge is -2.31. The van der Waals surface area contributed by atoms with Crippen LogP contribution in [0.3, 0.4) is 0 Å². The second-order valence-corrected chi connectivity index (χ2v) is 5.87. The van der Waals surface area contributed by atoms with E-state index >= 15 is 0 Å². The number of nitro benzene ring substituents is 1. The molecule has 0 unspecified atom stereocenters. The molecule has 1 aliphatic heterocycles. The van der Waals surface area contributed by atoms with Gasteiger partial charge in [0.2, 0.25) is 0 Å². The van der Waals surface area contributed by atoms with E-state index in [-0.39, 0.29) is 17.6 Å². The Balaban J connectivity index is 1.70. The first-order valence-corrected chi connectivity index (χ1v) is 8.00. The summed E-state index contributed by atoms with van der Waals surface area (Å²) in [7, 11) is 1.41. The number of ether oxygens (including phenoxy) is 1. The van der Waals surface area contributed by atoms with E-state index in [1.165, 1.54) is 19.2 Å². The molecule has 1 aliphatic rings. The van der Waals surface area contributed by atoms with Gasteiger partial charge in [0.1, 0.15) is 0 Å². The van der Waals surface area contributed by atoms with Crippen molar-refractivity contribution in [1.82, 2.24) is 10.2 Å². The van der Waals surface area contributed by atoms with Crippen LogP contribution in [0.5, 0.6) is 0 Å². The van der Waals surface area contributed by atoms with Gasteiger partial charge in [-0.05, 0) is 25.0 Å². The van der Waals surface area contributed by atoms with Crippen molar-refractivity contribution >= 4 is 17.5 Å². The quantitative estimate of drug-likeness (QED) is 0.478. The summed E-state index contributed by atoms with van der Waals surface area (Å²) in [5.41, 5.74) is 1.25. The summed E-state index contributed by atoms with van der Waals surface area (Å²) in [6.45, 7) is 1.43. The number of rotatable bonds is 4. The molecular formula is C17H18N4O4. The van der Waals surface area contributed by atoms with Crippen molar-refractivity contribution in [3.63, 3.8) is 0 Å². The molecule has 0 atom stereocenters. The summed E-state index contributed by atoms with van der Waals surface area (Å²) in [5.74, 6) is 0.516. The van der Waals surface area contributed by atoms with Crippen LogP contribution in [0.25, 0.3) is 11.3 Å². The highest BCUT2D eigenvalue weighted by Gasteiger charge is 2.26. The van der Waals surface area contributed by atoms with E-state index in [1.807, 2.05) is 6.07 Å². The molecule has 1 fully saturated rings. The lowest BCUT2D eigenvalue weighted by atomic mass is 9.97. The third-order valence-corrected chi connectivity index (χ3v) is 4.36. The van der Waals surface area contributed by atoms with Gasteiger partial charge in [-0.15, -0.1) is 10.2 Å². The molecule has 0 N–H and O–H groups in total. The zero-order valence-corrected chi connectivity index (χ0v) is 13.8. The number of esters is 1. The molecule has 2 aromatic rings. The van der Waals surface area contributed by atoms with Crippen LogP contribution >= 0.6 is 0 Å². The first kappa shape index (κ1) is 16.8. The molecule has 8 heteroatoms. The molecule has 8 nitrogen and oxygen atoms in total. The maximum absolute atomic E-state index is 11.6. The standard InChI is InChI=1S/C17H18N4O4/c1-25-17(22)12-7-9-20(10-8-12)16-6-5-15(18-19-16)13-3-2-4-14(11-13)21(23)24/h2-6,11-12H,7-10H2,1H3. The second kappa shape index (κ2) is 7.25. The number of non-ortho nitro benzene ring substituents is 1. The third kappa shape index (κ3) is 3.73. The average molecular weight is 342 g/mol. The minimum Gasteiger partial charge on any atom is -0.469 e. The van der Waals surface area contributed by atoms with Gasteiger partial charge in [-0.2, -0.15) is 0 Å².